The van der Waals surface area contributed by atoms with Crippen LogP contribution in [0.1, 0.15) is 89.7 Å². The molecule has 0 unspecified atom stereocenters. The first-order valence-electron chi connectivity index (χ1n) is 15.6. The molecule has 8 nitrogen and oxygen atoms in total. The summed E-state index contributed by atoms with van der Waals surface area (Å²) >= 11 is 1.65. The van der Waals surface area contributed by atoms with Crippen molar-refractivity contribution < 1.29 is 38.8 Å². The van der Waals surface area contributed by atoms with Crippen molar-refractivity contribution >= 4 is 29.5 Å². The number of aliphatic hydroxyl groups is 2. The summed E-state index contributed by atoms with van der Waals surface area (Å²) in [5.41, 5.74) is 1.45. The number of benzene rings is 1. The second kappa shape index (κ2) is 20.0. The van der Waals surface area contributed by atoms with E-state index in [2.05, 4.69) is 6.92 Å². The van der Waals surface area contributed by atoms with Gasteiger partial charge in [0, 0.05) is 38.2 Å². The molecule has 0 saturated heterocycles. The van der Waals surface area contributed by atoms with Crippen LogP contribution < -0.4 is 0 Å². The monoisotopic (exact) mass is 620 g/mol. The summed E-state index contributed by atoms with van der Waals surface area (Å²) in [5.74, 6) is -0.0853. The van der Waals surface area contributed by atoms with Crippen LogP contribution in [-0.2, 0) is 41.6 Å². The van der Waals surface area contributed by atoms with Gasteiger partial charge in [-0.05, 0) is 62.2 Å². The Morgan fingerprint density at radius 2 is 1.88 bits per heavy atom. The quantitative estimate of drug-likeness (QED) is 0.103. The number of ketones is 1. The van der Waals surface area contributed by atoms with Gasteiger partial charge < -0.3 is 24.4 Å². The standard InChI is InChI=1S/C34H52O8S/c1-5-6-7-8-17-34(2,3)42-33(39)24-41-32(38)13-10-18-43-19-16-29-28(30(36)22-31(29)37)15-14-27(35)21-25-11-9-12-26(20-25)23-40-4/h9,11-12,14-15,20,27-30,35-36H,5-8,10,13,16-19,21-24H2,1-4H3/t27-,28-,29-,30-/m1/s1. The molecule has 0 spiro atoms. The summed E-state index contributed by atoms with van der Waals surface area (Å²) in [6, 6.07) is 7.86. The van der Waals surface area contributed by atoms with Crippen molar-refractivity contribution in [3.05, 3.63) is 47.5 Å². The smallest absolute Gasteiger partial charge is 0.344 e. The predicted octanol–water partition coefficient (Wildman–Crippen LogP) is 5.60. The predicted molar refractivity (Wildman–Crippen MR) is 170 cm³/mol. The number of ether oxygens (including phenoxy) is 3. The average Bonchev–Trinajstić information content (AvgIpc) is 3.22. The Morgan fingerprint density at radius 3 is 2.63 bits per heavy atom. The normalized spacial score (nSPS) is 19.6. The maximum Gasteiger partial charge on any atom is 0.344 e. The van der Waals surface area contributed by atoms with Gasteiger partial charge in [0.2, 0.25) is 0 Å². The summed E-state index contributed by atoms with van der Waals surface area (Å²) in [7, 11) is 1.64. The maximum absolute atomic E-state index is 12.6. The number of aliphatic hydroxyl groups excluding tert-OH is 2. The molecular formula is C34H52O8S. The lowest BCUT2D eigenvalue weighted by Gasteiger charge is -2.25. The molecule has 0 aliphatic heterocycles. The summed E-state index contributed by atoms with van der Waals surface area (Å²) in [5, 5.41) is 21.0. The molecule has 43 heavy (non-hydrogen) atoms. The zero-order chi connectivity index (χ0) is 31.7. The molecule has 242 valence electrons. The van der Waals surface area contributed by atoms with Gasteiger partial charge in [-0.1, -0.05) is 62.6 Å². The third kappa shape index (κ3) is 14.9. The van der Waals surface area contributed by atoms with Crippen molar-refractivity contribution in [3.8, 4) is 0 Å². The van der Waals surface area contributed by atoms with Gasteiger partial charge in [0.25, 0.3) is 0 Å². The Labute approximate surface area is 261 Å². The van der Waals surface area contributed by atoms with Gasteiger partial charge >= 0.3 is 11.9 Å². The maximum atomic E-state index is 12.6. The van der Waals surface area contributed by atoms with Gasteiger partial charge in [-0.3, -0.25) is 9.59 Å². The summed E-state index contributed by atoms with van der Waals surface area (Å²) in [4.78, 5) is 36.7. The van der Waals surface area contributed by atoms with Crippen molar-refractivity contribution in [1.29, 1.82) is 0 Å². The number of unbranched alkanes of at least 4 members (excludes halogenated alkanes) is 3. The molecule has 1 fully saturated rings. The molecule has 2 rings (SSSR count). The van der Waals surface area contributed by atoms with Crippen molar-refractivity contribution in [2.75, 3.05) is 25.2 Å². The van der Waals surface area contributed by atoms with Gasteiger partial charge in [-0.2, -0.15) is 11.8 Å². The lowest BCUT2D eigenvalue weighted by Crippen LogP contribution is -2.30. The van der Waals surface area contributed by atoms with E-state index in [9.17, 15) is 24.6 Å². The van der Waals surface area contributed by atoms with Crippen molar-refractivity contribution in [1.82, 2.24) is 0 Å². The van der Waals surface area contributed by atoms with Crippen LogP contribution in [0.3, 0.4) is 0 Å². The van der Waals surface area contributed by atoms with Gasteiger partial charge in [0.05, 0.1) is 18.8 Å². The van der Waals surface area contributed by atoms with Crippen molar-refractivity contribution in [3.63, 3.8) is 0 Å². The van der Waals surface area contributed by atoms with Crippen LogP contribution in [0.4, 0.5) is 0 Å². The van der Waals surface area contributed by atoms with Gasteiger partial charge in [0.15, 0.2) is 6.61 Å². The van der Waals surface area contributed by atoms with Crippen LogP contribution in [-0.4, -0.2) is 71.0 Å². The van der Waals surface area contributed by atoms with Crippen molar-refractivity contribution in [2.45, 2.75) is 109 Å². The fourth-order valence-electron chi connectivity index (χ4n) is 5.38. The highest BCUT2D eigenvalue weighted by molar-refractivity contribution is 7.99. The summed E-state index contributed by atoms with van der Waals surface area (Å²) in [6.45, 7) is 6.04. The number of carbonyl (C=O) groups is 3. The topological polar surface area (TPSA) is 119 Å². The number of hydrogen-bond donors (Lipinski definition) is 2. The largest absolute Gasteiger partial charge is 0.457 e. The number of hydrogen-bond acceptors (Lipinski definition) is 9. The third-order valence-electron chi connectivity index (χ3n) is 7.65. The van der Waals surface area contributed by atoms with Crippen LogP contribution in [0, 0.1) is 11.8 Å². The lowest BCUT2D eigenvalue weighted by atomic mass is 9.91. The first-order valence-corrected chi connectivity index (χ1v) is 16.8. The Bertz CT molecular complexity index is 1020. The minimum absolute atomic E-state index is 0.0455. The van der Waals surface area contributed by atoms with Gasteiger partial charge in [-0.25, -0.2) is 4.79 Å². The second-order valence-corrected chi connectivity index (χ2v) is 13.3. The van der Waals surface area contributed by atoms with Crippen LogP contribution in [0.5, 0.6) is 0 Å². The molecule has 2 N–H and O–H groups in total. The number of Topliss-reactive ketones (excluding diaryl/α,β-unsaturated/α-hetero) is 1. The molecule has 1 aromatic carbocycles. The second-order valence-electron chi connectivity index (χ2n) is 12.0. The first kappa shape index (κ1) is 37.0. The Balaban J connectivity index is 1.65. The number of carbonyl (C=O) groups excluding carboxylic acids is 3. The van der Waals surface area contributed by atoms with E-state index in [1.54, 1.807) is 31.0 Å². The molecule has 0 heterocycles. The third-order valence-corrected chi connectivity index (χ3v) is 8.75. The number of esters is 2. The average molecular weight is 621 g/mol. The minimum Gasteiger partial charge on any atom is -0.457 e. The van der Waals surface area contributed by atoms with E-state index in [-0.39, 0.29) is 37.1 Å². The SMILES string of the molecule is CCCCCCC(C)(C)OC(=O)COC(=O)CCCSCC[C@H]1C(=O)C[C@@H](O)[C@@H]1C=C[C@@H](O)Cc1cccc(COC)c1. The molecular weight excluding hydrogens is 568 g/mol. The molecule has 0 amide bonds. The molecule has 1 aromatic rings. The zero-order valence-corrected chi connectivity index (χ0v) is 27.2. The molecule has 1 aliphatic rings. The number of rotatable bonds is 21. The minimum atomic E-state index is -0.746. The van der Waals surface area contributed by atoms with E-state index in [0.717, 1.165) is 54.7 Å². The van der Waals surface area contributed by atoms with E-state index in [1.165, 1.54) is 0 Å². The molecule has 4 atom stereocenters. The van der Waals surface area contributed by atoms with E-state index >= 15 is 0 Å². The lowest BCUT2D eigenvalue weighted by molar-refractivity contribution is -0.168. The fraction of sp³-hybridized carbons (Fsp3) is 0.676. The highest BCUT2D eigenvalue weighted by Crippen LogP contribution is 2.34. The Morgan fingerprint density at radius 1 is 1.12 bits per heavy atom. The molecule has 0 aromatic heterocycles. The van der Waals surface area contributed by atoms with Crippen LogP contribution in [0.15, 0.2) is 36.4 Å². The number of methoxy groups -OCH3 is 1. The summed E-state index contributed by atoms with van der Waals surface area (Å²) < 4.78 is 15.7. The fourth-order valence-corrected chi connectivity index (χ4v) is 6.35. The Kier molecular flexibility index (Phi) is 17.2. The van der Waals surface area contributed by atoms with E-state index in [0.29, 0.717) is 25.9 Å². The Hall–Kier alpha value is -2.20. The highest BCUT2D eigenvalue weighted by Gasteiger charge is 2.39. The van der Waals surface area contributed by atoms with Crippen LogP contribution in [0.2, 0.25) is 0 Å². The first-order chi connectivity index (χ1) is 20.5. The molecule has 0 radical (unpaired) electrons. The highest BCUT2D eigenvalue weighted by atomic mass is 32.2. The molecule has 9 heteroatoms. The molecule has 1 saturated carbocycles. The van der Waals surface area contributed by atoms with E-state index < -0.39 is 29.7 Å². The van der Waals surface area contributed by atoms with Crippen molar-refractivity contribution in [2.24, 2.45) is 11.8 Å². The van der Waals surface area contributed by atoms with Crippen LogP contribution in [0.25, 0.3) is 0 Å². The zero-order valence-electron chi connectivity index (χ0n) is 26.4. The molecule has 0 bridgehead atoms. The van der Waals surface area contributed by atoms with Gasteiger partial charge in [0.1, 0.15) is 11.4 Å². The van der Waals surface area contributed by atoms with E-state index in [1.807, 2.05) is 38.1 Å². The molecule has 1 aliphatic carbocycles. The van der Waals surface area contributed by atoms with E-state index in [4.69, 9.17) is 14.2 Å². The van der Waals surface area contributed by atoms with Gasteiger partial charge in [-0.15, -0.1) is 0 Å². The number of thioether (sulfide) groups is 1. The summed E-state index contributed by atoms with van der Waals surface area (Å²) in [6.07, 6.45) is 9.20. The van der Waals surface area contributed by atoms with Crippen LogP contribution >= 0.6 is 11.8 Å².